The van der Waals surface area contributed by atoms with Crippen LogP contribution in [0.1, 0.15) is 86.0 Å². The van der Waals surface area contributed by atoms with Gasteiger partial charge in [-0.05, 0) is 77.9 Å². The van der Waals surface area contributed by atoms with E-state index in [1.165, 1.54) is 0 Å². The number of aromatic amines is 1. The molecule has 0 unspecified atom stereocenters. The van der Waals surface area contributed by atoms with Gasteiger partial charge in [0.2, 0.25) is 0 Å². The van der Waals surface area contributed by atoms with Crippen molar-refractivity contribution in [3.8, 4) is 52.4 Å². The number of nitriles is 3. The van der Waals surface area contributed by atoms with Crippen molar-refractivity contribution in [1.29, 1.82) is 15.8 Å². The number of carbonyl (C=O) groups is 3. The second kappa shape index (κ2) is 20.2. The summed E-state index contributed by atoms with van der Waals surface area (Å²) in [6.07, 6.45) is 0. The van der Waals surface area contributed by atoms with Crippen LogP contribution >= 0.6 is 0 Å². The van der Waals surface area contributed by atoms with Gasteiger partial charge in [-0.1, -0.05) is 36.4 Å². The first kappa shape index (κ1) is 43.7. The molecule has 6 aromatic rings. The van der Waals surface area contributed by atoms with Crippen LogP contribution in [0, 0.1) is 54.8 Å². The average Bonchev–Trinajstić information content (AvgIpc) is 3.88. The summed E-state index contributed by atoms with van der Waals surface area (Å²) >= 11 is 0. The minimum atomic E-state index is -0.636. The molecule has 3 aromatic heterocycles. The van der Waals surface area contributed by atoms with E-state index in [0.29, 0.717) is 74.6 Å². The van der Waals surface area contributed by atoms with E-state index in [2.05, 4.69) is 32.1 Å². The summed E-state index contributed by atoms with van der Waals surface area (Å²) < 4.78 is 17.2. The Hall–Kier alpha value is -8.03. The Morgan fingerprint density at radius 2 is 1.07 bits per heavy atom. The minimum Gasteiger partial charge on any atom is -0.461 e. The monoisotopic (exact) mass is 795 g/mol. The van der Waals surface area contributed by atoms with Crippen LogP contribution in [0.5, 0.6) is 0 Å². The lowest BCUT2D eigenvalue weighted by Crippen LogP contribution is -2.12. The number of H-pyrrole nitrogens is 1. The summed E-state index contributed by atoms with van der Waals surface area (Å²) in [5.74, 6) is -0.0766. The maximum Gasteiger partial charge on any atom is 0.360 e. The number of nitrogens with zero attached hydrogens (tertiary/aromatic N) is 8. The van der Waals surface area contributed by atoms with Crippen LogP contribution in [0.4, 0.5) is 0 Å². The zero-order chi connectivity index (χ0) is 43.2. The number of aryl methyl sites for hydroxylation is 3. The number of imidazole rings is 3. The highest BCUT2D eigenvalue weighted by atomic mass is 16.5. The predicted octanol–water partition coefficient (Wildman–Crippen LogP) is 7.02. The number of esters is 3. The van der Waals surface area contributed by atoms with Gasteiger partial charge in [0.25, 0.3) is 0 Å². The molecule has 2 N–H and O–H groups in total. The van der Waals surface area contributed by atoms with Gasteiger partial charge in [0.1, 0.15) is 17.3 Å². The summed E-state index contributed by atoms with van der Waals surface area (Å²) in [4.78, 5) is 51.2. The first-order chi connectivity index (χ1) is 28.3. The number of hydrogen-bond acceptors (Lipinski definition) is 13. The maximum absolute atomic E-state index is 11.9. The molecule has 0 fully saturated rings. The van der Waals surface area contributed by atoms with E-state index in [4.69, 9.17) is 30.0 Å². The lowest BCUT2D eigenvalue weighted by Gasteiger charge is -2.06. The third-order valence-electron chi connectivity index (χ3n) is 8.35. The number of ether oxygens (including phenoxy) is 3. The van der Waals surface area contributed by atoms with Gasteiger partial charge in [0.15, 0.2) is 17.2 Å². The van der Waals surface area contributed by atoms with Crippen molar-refractivity contribution in [2.24, 2.45) is 7.05 Å². The fourth-order valence-corrected chi connectivity index (χ4v) is 5.70. The fourth-order valence-electron chi connectivity index (χ4n) is 5.70. The van der Waals surface area contributed by atoms with Crippen molar-refractivity contribution in [1.82, 2.24) is 29.2 Å². The van der Waals surface area contributed by atoms with Crippen LogP contribution in [-0.2, 0) is 21.3 Å². The van der Waals surface area contributed by atoms with Crippen LogP contribution in [-0.4, -0.2) is 72.2 Å². The second-order valence-corrected chi connectivity index (χ2v) is 12.4. The number of carbonyl (C=O) groups excluding carboxylic acids is 3. The molecule has 0 aliphatic heterocycles. The Kier molecular flexibility index (Phi) is 15.0. The van der Waals surface area contributed by atoms with Crippen LogP contribution < -0.4 is 0 Å². The standard InChI is InChI=1S/C15H15N3O2.C14H13N3O3.C14H13N3O2/c1-4-20-15(19)13-10(2)17-14(18(13)3)12-7-5-6-11(8-12)9-16;1-3-20-14(18)12-9(2)16-13(17(12)19)11-6-4-5-10(7-11)8-15;1-3-19-14(18)12-9(2)16-13(17-12)11-6-4-5-10(7-11)8-15/h5-8H,4H2,1-3H3;4-7,19H,3H2,1-2H3;4-7H,3H2,1-2H3,(H,16,17). The molecule has 0 spiro atoms. The number of benzene rings is 3. The van der Waals surface area contributed by atoms with E-state index in [1.54, 1.807) is 114 Å². The van der Waals surface area contributed by atoms with Crippen LogP contribution in [0.3, 0.4) is 0 Å². The topological polar surface area (TPSA) is 235 Å². The summed E-state index contributed by atoms with van der Waals surface area (Å²) in [5, 5.41) is 36.8. The Balaban J connectivity index is 0.000000196. The maximum atomic E-state index is 11.9. The Morgan fingerprint density at radius 3 is 1.58 bits per heavy atom. The summed E-state index contributed by atoms with van der Waals surface area (Å²) in [6, 6.07) is 26.9. The third-order valence-corrected chi connectivity index (χ3v) is 8.35. The molecule has 6 rings (SSSR count). The van der Waals surface area contributed by atoms with E-state index < -0.39 is 11.9 Å². The van der Waals surface area contributed by atoms with Gasteiger partial charge in [-0.25, -0.2) is 29.3 Å². The second-order valence-electron chi connectivity index (χ2n) is 12.4. The number of aromatic nitrogens is 6. The highest BCUT2D eigenvalue weighted by molar-refractivity contribution is 5.91. The Morgan fingerprint density at radius 1 is 0.644 bits per heavy atom. The molecule has 16 heteroatoms. The predicted molar refractivity (Wildman–Crippen MR) is 214 cm³/mol. The van der Waals surface area contributed by atoms with Crippen molar-refractivity contribution < 1.29 is 33.8 Å². The molecular formula is C43H41N9O7. The zero-order valence-corrected chi connectivity index (χ0v) is 33.5. The van der Waals surface area contributed by atoms with Gasteiger partial charge in [-0.3, -0.25) is 0 Å². The number of hydrogen-bond donors (Lipinski definition) is 2. The summed E-state index contributed by atoms with van der Waals surface area (Å²) in [6.45, 7) is 11.2. The molecule has 0 radical (unpaired) electrons. The van der Waals surface area contributed by atoms with Crippen molar-refractivity contribution in [3.05, 3.63) is 124 Å². The molecule has 0 aliphatic rings. The quantitative estimate of drug-likeness (QED) is 0.0851. The van der Waals surface area contributed by atoms with Crippen LogP contribution in [0.25, 0.3) is 34.2 Å². The highest BCUT2D eigenvalue weighted by Gasteiger charge is 2.23. The molecule has 0 bridgehead atoms. The molecule has 59 heavy (non-hydrogen) atoms. The van der Waals surface area contributed by atoms with E-state index in [1.807, 2.05) is 18.2 Å². The Bertz CT molecular complexity index is 2490. The summed E-state index contributed by atoms with van der Waals surface area (Å²) in [5.41, 5.74) is 5.98. The molecule has 0 saturated carbocycles. The summed E-state index contributed by atoms with van der Waals surface area (Å²) in [7, 11) is 1.76. The smallest absolute Gasteiger partial charge is 0.360 e. The first-order valence-electron chi connectivity index (χ1n) is 18.2. The van der Waals surface area contributed by atoms with Crippen molar-refractivity contribution in [2.45, 2.75) is 41.5 Å². The zero-order valence-electron chi connectivity index (χ0n) is 33.5. The Labute approximate surface area is 340 Å². The normalized spacial score (nSPS) is 10.0. The third kappa shape index (κ3) is 10.4. The highest BCUT2D eigenvalue weighted by Crippen LogP contribution is 2.24. The molecule has 0 atom stereocenters. The number of nitrogens with one attached hydrogen (secondary N) is 1. The van der Waals surface area contributed by atoms with Gasteiger partial charge in [-0.2, -0.15) is 20.5 Å². The molecule has 3 heterocycles. The van der Waals surface area contributed by atoms with Crippen molar-refractivity contribution in [3.63, 3.8) is 0 Å². The van der Waals surface area contributed by atoms with Gasteiger partial charge >= 0.3 is 17.9 Å². The molecule has 0 amide bonds. The van der Waals surface area contributed by atoms with Crippen molar-refractivity contribution >= 4 is 17.9 Å². The lowest BCUT2D eigenvalue weighted by molar-refractivity contribution is 0.0472. The minimum absolute atomic E-state index is 0.00999. The molecule has 3 aromatic carbocycles. The largest absolute Gasteiger partial charge is 0.461 e. The first-order valence-corrected chi connectivity index (χ1v) is 18.2. The van der Waals surface area contributed by atoms with E-state index in [0.717, 1.165) is 11.1 Å². The van der Waals surface area contributed by atoms with Crippen LogP contribution in [0.15, 0.2) is 72.8 Å². The molecule has 300 valence electrons. The fraction of sp³-hybridized carbons (Fsp3) is 0.233. The van der Waals surface area contributed by atoms with E-state index >= 15 is 0 Å². The van der Waals surface area contributed by atoms with E-state index in [-0.39, 0.29) is 29.8 Å². The molecule has 16 nitrogen and oxygen atoms in total. The van der Waals surface area contributed by atoms with E-state index in [9.17, 15) is 19.6 Å². The lowest BCUT2D eigenvalue weighted by atomic mass is 10.1. The van der Waals surface area contributed by atoms with Gasteiger partial charge in [-0.15, -0.1) is 0 Å². The molecular weight excluding hydrogens is 755 g/mol. The van der Waals surface area contributed by atoms with Crippen molar-refractivity contribution in [2.75, 3.05) is 19.8 Å². The van der Waals surface area contributed by atoms with Crippen LogP contribution in [0.2, 0.25) is 0 Å². The van der Waals surface area contributed by atoms with Gasteiger partial charge < -0.3 is 29.0 Å². The van der Waals surface area contributed by atoms with Gasteiger partial charge in [0.05, 0.1) is 66.1 Å². The molecule has 0 aliphatic carbocycles. The van der Waals surface area contributed by atoms with Gasteiger partial charge in [0, 0.05) is 29.4 Å². The average molecular weight is 796 g/mol. The molecule has 0 saturated heterocycles. The SMILES string of the molecule is CCOC(=O)c1c(C)nc(-c2cccc(C#N)c2)n1C.CCOC(=O)c1c(C)nc(-c2cccc(C#N)c2)n1O.CCOC(=O)c1nc(-c2cccc(C#N)c2)[nH]c1C. The number of rotatable bonds is 9.